The SMILES string of the molecule is C1CCN(CCCNCC2CCCO2)CC1. The minimum Gasteiger partial charge on any atom is -0.377 e. The highest BCUT2D eigenvalue weighted by Crippen LogP contribution is 2.10. The Hall–Kier alpha value is -0.120. The molecule has 16 heavy (non-hydrogen) atoms. The molecule has 94 valence electrons. The molecule has 1 atom stereocenters. The molecule has 0 amide bonds. The summed E-state index contributed by atoms with van der Waals surface area (Å²) in [5, 5.41) is 3.52. The normalized spacial score (nSPS) is 27.4. The van der Waals surface area contributed by atoms with Crippen molar-refractivity contribution in [3.63, 3.8) is 0 Å². The highest BCUT2D eigenvalue weighted by atomic mass is 16.5. The minimum atomic E-state index is 0.495. The van der Waals surface area contributed by atoms with Gasteiger partial charge in [0.05, 0.1) is 6.10 Å². The van der Waals surface area contributed by atoms with E-state index in [4.69, 9.17) is 4.74 Å². The Morgan fingerprint density at radius 2 is 2.00 bits per heavy atom. The van der Waals surface area contributed by atoms with Gasteiger partial charge in [-0.1, -0.05) is 6.42 Å². The first-order valence-electron chi connectivity index (χ1n) is 7.00. The van der Waals surface area contributed by atoms with E-state index in [-0.39, 0.29) is 0 Å². The molecule has 0 spiro atoms. The molecule has 0 aromatic rings. The van der Waals surface area contributed by atoms with Crippen LogP contribution in [-0.2, 0) is 4.74 Å². The maximum absolute atomic E-state index is 5.58. The van der Waals surface area contributed by atoms with Crippen LogP contribution in [0.4, 0.5) is 0 Å². The van der Waals surface area contributed by atoms with Gasteiger partial charge < -0.3 is 15.0 Å². The van der Waals surface area contributed by atoms with Crippen molar-refractivity contribution in [3.05, 3.63) is 0 Å². The Balaban J connectivity index is 1.42. The zero-order valence-corrected chi connectivity index (χ0v) is 10.4. The Labute approximate surface area is 99.5 Å². The summed E-state index contributed by atoms with van der Waals surface area (Å²) in [5.74, 6) is 0. The number of piperidine rings is 1. The number of ether oxygens (including phenoxy) is 1. The first kappa shape index (κ1) is 12.3. The number of nitrogens with zero attached hydrogens (tertiary/aromatic N) is 1. The van der Waals surface area contributed by atoms with Crippen molar-refractivity contribution in [3.8, 4) is 0 Å². The van der Waals surface area contributed by atoms with Gasteiger partial charge in [-0.05, 0) is 58.3 Å². The Bertz CT molecular complexity index is 175. The quantitative estimate of drug-likeness (QED) is 0.697. The van der Waals surface area contributed by atoms with Gasteiger partial charge in [0.25, 0.3) is 0 Å². The summed E-state index contributed by atoms with van der Waals surface area (Å²) in [6, 6.07) is 0. The van der Waals surface area contributed by atoms with E-state index in [0.717, 1.165) is 19.7 Å². The second-order valence-electron chi connectivity index (χ2n) is 5.10. The molecule has 0 bridgehead atoms. The standard InChI is InChI=1S/C13H26N2O/c1-2-8-15(9-3-1)10-5-7-14-12-13-6-4-11-16-13/h13-14H,1-12H2. The summed E-state index contributed by atoms with van der Waals surface area (Å²) < 4.78 is 5.58. The molecule has 0 aromatic carbocycles. The predicted molar refractivity (Wildman–Crippen MR) is 66.8 cm³/mol. The summed E-state index contributed by atoms with van der Waals surface area (Å²) in [6.45, 7) is 7.10. The lowest BCUT2D eigenvalue weighted by atomic mass is 10.1. The smallest absolute Gasteiger partial charge is 0.0700 e. The van der Waals surface area contributed by atoms with Crippen LogP contribution in [0.1, 0.15) is 38.5 Å². The van der Waals surface area contributed by atoms with Crippen LogP contribution in [0.25, 0.3) is 0 Å². The summed E-state index contributed by atoms with van der Waals surface area (Å²) in [6.07, 6.45) is 8.53. The average molecular weight is 226 g/mol. The first-order chi connectivity index (χ1) is 7.95. The molecule has 0 saturated carbocycles. The van der Waals surface area contributed by atoms with Gasteiger partial charge in [0, 0.05) is 13.2 Å². The van der Waals surface area contributed by atoms with E-state index >= 15 is 0 Å². The van der Waals surface area contributed by atoms with Crippen LogP contribution >= 0.6 is 0 Å². The second kappa shape index (κ2) is 7.25. The van der Waals surface area contributed by atoms with Crippen LogP contribution in [0.3, 0.4) is 0 Å². The molecule has 0 radical (unpaired) electrons. The number of nitrogens with one attached hydrogen (secondary N) is 1. The van der Waals surface area contributed by atoms with E-state index in [1.807, 2.05) is 0 Å². The molecule has 2 aliphatic rings. The van der Waals surface area contributed by atoms with Crippen LogP contribution in [0, 0.1) is 0 Å². The third kappa shape index (κ3) is 4.40. The number of hydrogen-bond donors (Lipinski definition) is 1. The first-order valence-corrected chi connectivity index (χ1v) is 7.00. The van der Waals surface area contributed by atoms with Crippen LogP contribution < -0.4 is 5.32 Å². The monoisotopic (exact) mass is 226 g/mol. The molecule has 2 heterocycles. The van der Waals surface area contributed by atoms with Crippen molar-refractivity contribution in [2.75, 3.05) is 39.3 Å². The zero-order valence-electron chi connectivity index (χ0n) is 10.4. The molecule has 3 nitrogen and oxygen atoms in total. The summed E-state index contributed by atoms with van der Waals surface area (Å²) >= 11 is 0. The van der Waals surface area contributed by atoms with E-state index in [0.29, 0.717) is 6.10 Å². The second-order valence-corrected chi connectivity index (χ2v) is 5.10. The third-order valence-electron chi connectivity index (χ3n) is 3.67. The summed E-state index contributed by atoms with van der Waals surface area (Å²) in [7, 11) is 0. The highest BCUT2D eigenvalue weighted by Gasteiger charge is 2.14. The summed E-state index contributed by atoms with van der Waals surface area (Å²) in [4.78, 5) is 2.61. The van der Waals surface area contributed by atoms with Gasteiger partial charge >= 0.3 is 0 Å². The zero-order chi connectivity index (χ0) is 11.1. The van der Waals surface area contributed by atoms with Gasteiger partial charge in [-0.15, -0.1) is 0 Å². The summed E-state index contributed by atoms with van der Waals surface area (Å²) in [5.41, 5.74) is 0. The Morgan fingerprint density at radius 3 is 2.75 bits per heavy atom. The van der Waals surface area contributed by atoms with Gasteiger partial charge in [-0.3, -0.25) is 0 Å². The van der Waals surface area contributed by atoms with Crippen molar-refractivity contribution < 1.29 is 4.74 Å². The van der Waals surface area contributed by atoms with Crippen molar-refractivity contribution in [2.45, 2.75) is 44.6 Å². The van der Waals surface area contributed by atoms with Crippen LogP contribution in [0.2, 0.25) is 0 Å². The van der Waals surface area contributed by atoms with E-state index in [1.165, 1.54) is 58.2 Å². The van der Waals surface area contributed by atoms with Crippen molar-refractivity contribution in [1.82, 2.24) is 10.2 Å². The lowest BCUT2D eigenvalue weighted by Gasteiger charge is -2.26. The fourth-order valence-corrected chi connectivity index (χ4v) is 2.68. The lowest BCUT2D eigenvalue weighted by Crippen LogP contribution is -2.33. The molecular formula is C13H26N2O. The molecule has 3 heteroatoms. The number of hydrogen-bond acceptors (Lipinski definition) is 3. The van der Waals surface area contributed by atoms with Gasteiger partial charge in [-0.2, -0.15) is 0 Å². The van der Waals surface area contributed by atoms with E-state index in [1.54, 1.807) is 0 Å². The molecule has 2 saturated heterocycles. The van der Waals surface area contributed by atoms with Crippen LogP contribution in [-0.4, -0.2) is 50.3 Å². The van der Waals surface area contributed by atoms with Crippen molar-refractivity contribution >= 4 is 0 Å². The molecule has 2 rings (SSSR count). The highest BCUT2D eigenvalue weighted by molar-refractivity contribution is 4.68. The molecule has 2 aliphatic heterocycles. The number of rotatable bonds is 6. The van der Waals surface area contributed by atoms with Gasteiger partial charge in [-0.25, -0.2) is 0 Å². The minimum absolute atomic E-state index is 0.495. The molecule has 0 aliphatic carbocycles. The fraction of sp³-hybridized carbons (Fsp3) is 1.00. The maximum Gasteiger partial charge on any atom is 0.0700 e. The molecule has 2 fully saturated rings. The van der Waals surface area contributed by atoms with Crippen LogP contribution in [0.5, 0.6) is 0 Å². The molecule has 0 aromatic heterocycles. The molecule has 1 N–H and O–H groups in total. The topological polar surface area (TPSA) is 24.5 Å². The van der Waals surface area contributed by atoms with Gasteiger partial charge in [0.2, 0.25) is 0 Å². The van der Waals surface area contributed by atoms with Gasteiger partial charge in [0.1, 0.15) is 0 Å². The molecule has 1 unspecified atom stereocenters. The molecular weight excluding hydrogens is 200 g/mol. The predicted octanol–water partition coefficient (Wildman–Crippen LogP) is 1.63. The van der Waals surface area contributed by atoms with E-state index in [2.05, 4.69) is 10.2 Å². The van der Waals surface area contributed by atoms with Gasteiger partial charge in [0.15, 0.2) is 0 Å². The Kier molecular flexibility index (Phi) is 5.59. The van der Waals surface area contributed by atoms with E-state index in [9.17, 15) is 0 Å². The fourth-order valence-electron chi connectivity index (χ4n) is 2.68. The van der Waals surface area contributed by atoms with Crippen molar-refractivity contribution in [2.24, 2.45) is 0 Å². The third-order valence-corrected chi connectivity index (χ3v) is 3.67. The average Bonchev–Trinajstić information content (AvgIpc) is 2.83. The van der Waals surface area contributed by atoms with Crippen molar-refractivity contribution in [1.29, 1.82) is 0 Å². The maximum atomic E-state index is 5.58. The Morgan fingerprint density at radius 1 is 1.12 bits per heavy atom. The van der Waals surface area contributed by atoms with E-state index < -0.39 is 0 Å². The number of likely N-dealkylation sites (tertiary alicyclic amines) is 1. The largest absolute Gasteiger partial charge is 0.377 e. The lowest BCUT2D eigenvalue weighted by molar-refractivity contribution is 0.110. The van der Waals surface area contributed by atoms with Crippen LogP contribution in [0.15, 0.2) is 0 Å².